The third-order valence-corrected chi connectivity index (χ3v) is 4.45. The van der Waals surface area contributed by atoms with Crippen LogP contribution in [0.2, 0.25) is 0 Å². The van der Waals surface area contributed by atoms with Crippen LogP contribution in [0.25, 0.3) is 0 Å². The Morgan fingerprint density at radius 2 is 2.15 bits per heavy atom. The maximum atomic E-state index is 5.82. The van der Waals surface area contributed by atoms with Gasteiger partial charge in [-0.25, -0.2) is 0 Å². The molecule has 2 aromatic rings. The number of rotatable bonds is 6. The van der Waals surface area contributed by atoms with Crippen LogP contribution >= 0.6 is 11.3 Å². The minimum Gasteiger partial charge on any atom is -0.496 e. The van der Waals surface area contributed by atoms with Gasteiger partial charge in [-0.15, -0.1) is 0 Å². The fraction of sp³-hybridized carbons (Fsp3) is 0.375. The Hall–Kier alpha value is -1.52. The largest absolute Gasteiger partial charge is 0.496 e. The van der Waals surface area contributed by atoms with E-state index in [0.29, 0.717) is 0 Å². The predicted molar refractivity (Wildman–Crippen MR) is 84.0 cm³/mol. The van der Waals surface area contributed by atoms with E-state index in [-0.39, 0.29) is 0 Å². The second-order valence-electron chi connectivity index (χ2n) is 5.34. The molecule has 3 nitrogen and oxygen atoms in total. The summed E-state index contributed by atoms with van der Waals surface area (Å²) in [6.45, 7) is 1.94. The van der Waals surface area contributed by atoms with E-state index in [0.717, 1.165) is 30.6 Å². The van der Waals surface area contributed by atoms with Gasteiger partial charge in [-0.1, -0.05) is 6.07 Å². The number of hydrogen-bond donors (Lipinski definition) is 1. The van der Waals surface area contributed by atoms with E-state index < -0.39 is 0 Å². The van der Waals surface area contributed by atoms with Gasteiger partial charge in [0.1, 0.15) is 5.75 Å². The van der Waals surface area contributed by atoms with E-state index in [1.165, 1.54) is 24.0 Å². The molecule has 1 aliphatic rings. The first-order chi connectivity index (χ1) is 9.76. The SMILES string of the molecule is COc1cc(N)ccc1CN(Cc1ccsc1)C1CC1. The van der Waals surface area contributed by atoms with Crippen molar-refractivity contribution < 1.29 is 4.74 Å². The normalized spacial score (nSPS) is 14.7. The molecule has 1 fully saturated rings. The van der Waals surface area contributed by atoms with Gasteiger partial charge in [-0.05, 0) is 41.3 Å². The lowest BCUT2D eigenvalue weighted by Crippen LogP contribution is -2.25. The van der Waals surface area contributed by atoms with Gasteiger partial charge in [0.05, 0.1) is 7.11 Å². The van der Waals surface area contributed by atoms with E-state index in [1.54, 1.807) is 18.4 Å². The van der Waals surface area contributed by atoms with Gasteiger partial charge in [-0.2, -0.15) is 11.3 Å². The Labute approximate surface area is 124 Å². The zero-order valence-electron chi connectivity index (χ0n) is 11.7. The number of thiophene rings is 1. The summed E-state index contributed by atoms with van der Waals surface area (Å²) in [5.74, 6) is 0.890. The fourth-order valence-corrected chi connectivity index (χ4v) is 3.14. The summed E-state index contributed by atoms with van der Waals surface area (Å²) in [7, 11) is 1.71. The number of nitrogens with zero attached hydrogens (tertiary/aromatic N) is 1. The maximum Gasteiger partial charge on any atom is 0.125 e. The molecule has 0 radical (unpaired) electrons. The summed E-state index contributed by atoms with van der Waals surface area (Å²) >= 11 is 1.76. The summed E-state index contributed by atoms with van der Waals surface area (Å²) in [5, 5.41) is 4.37. The van der Waals surface area contributed by atoms with Crippen LogP contribution in [-0.2, 0) is 13.1 Å². The minimum atomic E-state index is 0.720. The monoisotopic (exact) mass is 288 g/mol. The van der Waals surface area contributed by atoms with Gasteiger partial charge in [0, 0.05) is 36.4 Å². The van der Waals surface area contributed by atoms with Crippen LogP contribution in [0.5, 0.6) is 5.75 Å². The summed E-state index contributed by atoms with van der Waals surface area (Å²) in [6, 6.07) is 8.87. The average Bonchev–Trinajstić information content (AvgIpc) is 3.18. The summed E-state index contributed by atoms with van der Waals surface area (Å²) in [5.41, 5.74) is 9.19. The van der Waals surface area contributed by atoms with Crippen LogP contribution in [0, 0.1) is 0 Å². The van der Waals surface area contributed by atoms with E-state index in [1.807, 2.05) is 12.1 Å². The van der Waals surface area contributed by atoms with E-state index in [9.17, 15) is 0 Å². The first-order valence-electron chi connectivity index (χ1n) is 6.94. The van der Waals surface area contributed by atoms with E-state index in [4.69, 9.17) is 10.5 Å². The van der Waals surface area contributed by atoms with Gasteiger partial charge in [0.25, 0.3) is 0 Å². The summed E-state index contributed by atoms with van der Waals surface area (Å²) in [6.07, 6.45) is 2.61. The molecule has 1 aromatic carbocycles. The maximum absolute atomic E-state index is 5.82. The molecule has 1 aromatic heterocycles. The number of nitrogens with two attached hydrogens (primary N) is 1. The lowest BCUT2D eigenvalue weighted by Gasteiger charge is -2.23. The molecule has 1 saturated carbocycles. The third kappa shape index (κ3) is 3.14. The molecule has 3 rings (SSSR count). The van der Waals surface area contributed by atoms with Crippen LogP contribution in [-0.4, -0.2) is 18.1 Å². The molecule has 0 unspecified atom stereocenters. The molecule has 106 valence electrons. The predicted octanol–water partition coefficient (Wildman–Crippen LogP) is 3.50. The lowest BCUT2D eigenvalue weighted by molar-refractivity contribution is 0.242. The molecule has 2 N–H and O–H groups in total. The standard InChI is InChI=1S/C16H20N2OS/c1-19-16-8-14(17)3-2-13(16)10-18(15-4-5-15)9-12-6-7-20-11-12/h2-3,6-8,11,15H,4-5,9-10,17H2,1H3. The average molecular weight is 288 g/mol. The van der Waals surface area contributed by atoms with Crippen molar-refractivity contribution >= 4 is 17.0 Å². The van der Waals surface area contributed by atoms with E-state index >= 15 is 0 Å². The zero-order chi connectivity index (χ0) is 13.9. The number of nitrogen functional groups attached to an aromatic ring is 1. The van der Waals surface area contributed by atoms with Crippen LogP contribution in [0.3, 0.4) is 0 Å². The fourth-order valence-electron chi connectivity index (χ4n) is 2.48. The quantitative estimate of drug-likeness (QED) is 0.827. The molecule has 0 spiro atoms. The minimum absolute atomic E-state index is 0.720. The highest BCUT2D eigenvalue weighted by atomic mass is 32.1. The number of anilines is 1. The van der Waals surface area contributed by atoms with E-state index in [2.05, 4.69) is 27.8 Å². The van der Waals surface area contributed by atoms with Crippen molar-refractivity contribution in [2.45, 2.75) is 32.0 Å². The Morgan fingerprint density at radius 1 is 1.30 bits per heavy atom. The van der Waals surface area contributed by atoms with Crippen molar-refractivity contribution in [1.82, 2.24) is 4.90 Å². The van der Waals surface area contributed by atoms with Crippen LogP contribution in [0.1, 0.15) is 24.0 Å². The van der Waals surface area contributed by atoms with Crippen LogP contribution in [0.15, 0.2) is 35.0 Å². The first-order valence-corrected chi connectivity index (χ1v) is 7.88. The molecule has 0 saturated heterocycles. The second-order valence-corrected chi connectivity index (χ2v) is 6.12. The Bertz CT molecular complexity index is 564. The highest BCUT2D eigenvalue weighted by molar-refractivity contribution is 7.07. The van der Waals surface area contributed by atoms with Crippen LogP contribution in [0.4, 0.5) is 5.69 Å². The first kappa shape index (κ1) is 13.5. The van der Waals surface area contributed by atoms with Gasteiger partial charge in [-0.3, -0.25) is 4.90 Å². The molecule has 0 atom stereocenters. The van der Waals surface area contributed by atoms with Crippen molar-refractivity contribution in [1.29, 1.82) is 0 Å². The number of ether oxygens (including phenoxy) is 1. The molecular weight excluding hydrogens is 268 g/mol. The van der Waals surface area contributed by atoms with Gasteiger partial charge < -0.3 is 10.5 Å². The van der Waals surface area contributed by atoms with Crippen LogP contribution < -0.4 is 10.5 Å². The molecule has 0 bridgehead atoms. The van der Waals surface area contributed by atoms with Gasteiger partial charge in [0.2, 0.25) is 0 Å². The molecular formula is C16H20N2OS. The smallest absolute Gasteiger partial charge is 0.125 e. The second kappa shape index (κ2) is 5.85. The van der Waals surface area contributed by atoms with Crippen molar-refractivity contribution in [2.24, 2.45) is 0 Å². The molecule has 0 aliphatic heterocycles. The Kier molecular flexibility index (Phi) is 3.94. The molecule has 1 heterocycles. The highest BCUT2D eigenvalue weighted by Gasteiger charge is 2.29. The highest BCUT2D eigenvalue weighted by Crippen LogP contribution is 2.32. The Morgan fingerprint density at radius 3 is 2.80 bits per heavy atom. The summed E-state index contributed by atoms with van der Waals surface area (Å²) < 4.78 is 5.46. The van der Waals surface area contributed by atoms with Crippen molar-refractivity contribution in [3.8, 4) is 5.75 Å². The van der Waals surface area contributed by atoms with Gasteiger partial charge in [0.15, 0.2) is 0 Å². The summed E-state index contributed by atoms with van der Waals surface area (Å²) in [4.78, 5) is 2.54. The zero-order valence-corrected chi connectivity index (χ0v) is 12.5. The van der Waals surface area contributed by atoms with Crippen molar-refractivity contribution in [3.05, 3.63) is 46.2 Å². The van der Waals surface area contributed by atoms with Crippen molar-refractivity contribution in [3.63, 3.8) is 0 Å². The molecule has 20 heavy (non-hydrogen) atoms. The third-order valence-electron chi connectivity index (χ3n) is 3.71. The molecule has 1 aliphatic carbocycles. The molecule has 4 heteroatoms. The topological polar surface area (TPSA) is 38.5 Å². The van der Waals surface area contributed by atoms with Crippen molar-refractivity contribution in [2.75, 3.05) is 12.8 Å². The number of benzene rings is 1. The van der Waals surface area contributed by atoms with Gasteiger partial charge >= 0.3 is 0 Å². The molecule has 0 amide bonds. The number of methoxy groups -OCH3 is 1. The lowest BCUT2D eigenvalue weighted by atomic mass is 10.1. The Balaban J connectivity index is 1.76. The number of hydrogen-bond acceptors (Lipinski definition) is 4.